The number of unbranched alkanes of at least 4 members (excludes halogenated alkanes) is 15. The summed E-state index contributed by atoms with van der Waals surface area (Å²) < 4.78 is 0. The largest absolute Gasteiger partial charge is 0.198 e. The molecule has 0 aliphatic heterocycles. The Morgan fingerprint density at radius 1 is 0.548 bits per heavy atom. The predicted octanol–water partition coefficient (Wildman–Crippen LogP) is 11.1. The summed E-state index contributed by atoms with van der Waals surface area (Å²) in [5.74, 6) is 0.243. The van der Waals surface area contributed by atoms with Gasteiger partial charge in [0.05, 0.1) is 6.07 Å². The van der Waals surface area contributed by atoms with Gasteiger partial charge in [-0.15, -0.1) is 0 Å². The first-order chi connectivity index (χ1) is 15.2. The average molecular weight is 432 g/mol. The Bertz CT molecular complexity index is 395. The zero-order valence-electron chi connectivity index (χ0n) is 22.0. The van der Waals surface area contributed by atoms with Gasteiger partial charge in [0.15, 0.2) is 0 Å². The fourth-order valence-corrected chi connectivity index (χ4v) is 3.53. The second kappa shape index (κ2) is 31.2. The van der Waals surface area contributed by atoms with Crippen molar-refractivity contribution in [2.75, 3.05) is 0 Å². The molecule has 1 nitrogen and oxygen atoms in total. The minimum Gasteiger partial charge on any atom is -0.198 e. The Labute approximate surface area is 197 Å². The molecule has 0 fully saturated rings. The molecule has 0 saturated heterocycles. The van der Waals surface area contributed by atoms with Gasteiger partial charge in [0, 0.05) is 5.92 Å². The number of hydrogen-bond donors (Lipinski definition) is 0. The molecule has 0 amide bonds. The second-order valence-corrected chi connectivity index (χ2v) is 9.17. The van der Waals surface area contributed by atoms with Crippen LogP contribution in [0, 0.1) is 17.2 Å². The van der Waals surface area contributed by atoms with Crippen LogP contribution in [-0.2, 0) is 0 Å². The molecule has 0 aliphatic rings. The number of hydrogen-bond acceptors (Lipinski definition) is 1. The fraction of sp³-hybridized carbons (Fsp3) is 0.833. The van der Waals surface area contributed by atoms with E-state index in [9.17, 15) is 0 Å². The molecule has 0 rings (SSSR count). The van der Waals surface area contributed by atoms with Crippen LogP contribution in [0.3, 0.4) is 0 Å². The van der Waals surface area contributed by atoms with Gasteiger partial charge in [0.2, 0.25) is 0 Å². The van der Waals surface area contributed by atoms with Crippen LogP contribution in [0.5, 0.6) is 0 Å². The molecule has 1 heteroatoms. The van der Waals surface area contributed by atoms with E-state index in [2.05, 4.69) is 51.1 Å². The first kappa shape index (κ1) is 32.2. The molecule has 0 aromatic heterocycles. The van der Waals surface area contributed by atoms with Gasteiger partial charge in [0.25, 0.3) is 0 Å². The maximum absolute atomic E-state index is 8.71. The fourth-order valence-electron chi connectivity index (χ4n) is 3.53. The standard InChI is InChI=1S/C22H39N.C8H18/c1-3-4-5-6-7-8-9-10-11-12-13-14-15-16-17-18-19-20-22(2)21-23;1-3-5-7-8-6-4-2/h7-8,10-11,22H,3-6,9,12-20H2,1-2H3;3-8H2,1-2H3/b8-7-,11-10-;. The normalized spacial score (nSPS) is 12.1. The second-order valence-electron chi connectivity index (χ2n) is 9.17. The third kappa shape index (κ3) is 33.8. The highest BCUT2D eigenvalue weighted by Gasteiger charge is 1.98. The zero-order chi connectivity index (χ0) is 23.3. The molecule has 0 aliphatic carbocycles. The smallest absolute Gasteiger partial charge is 0.0652 e. The molecule has 1 atom stereocenters. The van der Waals surface area contributed by atoms with Crippen molar-refractivity contribution in [3.63, 3.8) is 0 Å². The van der Waals surface area contributed by atoms with Crippen LogP contribution in [0.1, 0.15) is 156 Å². The van der Waals surface area contributed by atoms with E-state index in [1.54, 1.807) is 0 Å². The van der Waals surface area contributed by atoms with Crippen molar-refractivity contribution in [3.8, 4) is 6.07 Å². The van der Waals surface area contributed by atoms with E-state index in [4.69, 9.17) is 5.26 Å². The Morgan fingerprint density at radius 3 is 1.42 bits per heavy atom. The zero-order valence-corrected chi connectivity index (χ0v) is 22.0. The molecule has 0 spiro atoms. The van der Waals surface area contributed by atoms with E-state index in [0.717, 1.165) is 12.8 Å². The highest BCUT2D eigenvalue weighted by atomic mass is 14.3. The lowest BCUT2D eigenvalue weighted by Gasteiger charge is -2.02. The van der Waals surface area contributed by atoms with Crippen molar-refractivity contribution >= 4 is 0 Å². The molecule has 0 saturated carbocycles. The van der Waals surface area contributed by atoms with Crippen molar-refractivity contribution in [1.29, 1.82) is 5.26 Å². The van der Waals surface area contributed by atoms with Crippen LogP contribution in [-0.4, -0.2) is 0 Å². The summed E-state index contributed by atoms with van der Waals surface area (Å²) in [4.78, 5) is 0. The van der Waals surface area contributed by atoms with Gasteiger partial charge in [-0.1, -0.05) is 135 Å². The number of nitriles is 1. The van der Waals surface area contributed by atoms with Crippen LogP contribution in [0.2, 0.25) is 0 Å². The SMILES string of the molecule is CCCCC/C=C\C/C=C\CCCCCCCCCC(C)C#N.CCCCCCCC. The molecule has 0 aromatic carbocycles. The summed E-state index contributed by atoms with van der Waals surface area (Å²) in [6.45, 7) is 8.79. The highest BCUT2D eigenvalue weighted by Crippen LogP contribution is 2.12. The number of allylic oxidation sites excluding steroid dienone is 4. The van der Waals surface area contributed by atoms with Crippen LogP contribution in [0.4, 0.5) is 0 Å². The molecular formula is C30H57N. The average Bonchev–Trinajstić information content (AvgIpc) is 2.79. The summed E-state index contributed by atoms with van der Waals surface area (Å²) >= 11 is 0. The van der Waals surface area contributed by atoms with E-state index in [1.807, 2.05) is 6.92 Å². The molecule has 0 bridgehead atoms. The van der Waals surface area contributed by atoms with Crippen molar-refractivity contribution in [3.05, 3.63) is 24.3 Å². The molecule has 0 radical (unpaired) electrons. The highest BCUT2D eigenvalue weighted by molar-refractivity contribution is 4.92. The monoisotopic (exact) mass is 431 g/mol. The Hall–Kier alpha value is -1.03. The van der Waals surface area contributed by atoms with Crippen LogP contribution >= 0.6 is 0 Å². The molecule has 31 heavy (non-hydrogen) atoms. The Morgan fingerprint density at radius 2 is 0.935 bits per heavy atom. The van der Waals surface area contributed by atoms with Gasteiger partial charge in [-0.3, -0.25) is 0 Å². The van der Waals surface area contributed by atoms with Gasteiger partial charge in [-0.25, -0.2) is 0 Å². The summed E-state index contributed by atoms with van der Waals surface area (Å²) in [5, 5.41) is 8.71. The molecular weight excluding hydrogens is 374 g/mol. The quantitative estimate of drug-likeness (QED) is 0.131. The molecule has 1 unspecified atom stereocenters. The van der Waals surface area contributed by atoms with E-state index in [0.29, 0.717) is 0 Å². The van der Waals surface area contributed by atoms with Crippen molar-refractivity contribution in [2.24, 2.45) is 5.92 Å². The summed E-state index contributed by atoms with van der Waals surface area (Å²) in [7, 11) is 0. The molecule has 0 heterocycles. The van der Waals surface area contributed by atoms with Crippen LogP contribution in [0.25, 0.3) is 0 Å². The minimum absolute atomic E-state index is 0.243. The lowest BCUT2D eigenvalue weighted by molar-refractivity contribution is 0.539. The van der Waals surface area contributed by atoms with Crippen molar-refractivity contribution in [2.45, 2.75) is 156 Å². The maximum atomic E-state index is 8.71. The third-order valence-corrected chi connectivity index (χ3v) is 5.77. The Balaban J connectivity index is 0. The molecule has 182 valence electrons. The number of nitrogens with zero attached hydrogens (tertiary/aromatic N) is 1. The minimum atomic E-state index is 0.243. The lowest BCUT2D eigenvalue weighted by atomic mass is 10.0. The van der Waals surface area contributed by atoms with E-state index < -0.39 is 0 Å². The lowest BCUT2D eigenvalue weighted by Crippen LogP contribution is -1.89. The summed E-state index contributed by atoms with van der Waals surface area (Å²) in [6, 6.07) is 2.31. The van der Waals surface area contributed by atoms with Gasteiger partial charge >= 0.3 is 0 Å². The van der Waals surface area contributed by atoms with E-state index in [-0.39, 0.29) is 5.92 Å². The van der Waals surface area contributed by atoms with Crippen molar-refractivity contribution < 1.29 is 0 Å². The summed E-state index contributed by atoms with van der Waals surface area (Å²) in [6.07, 6.45) is 35.8. The van der Waals surface area contributed by atoms with E-state index >= 15 is 0 Å². The van der Waals surface area contributed by atoms with Crippen molar-refractivity contribution in [1.82, 2.24) is 0 Å². The molecule has 0 aromatic rings. The Kier molecular flexibility index (Phi) is 32.3. The first-order valence-corrected chi connectivity index (χ1v) is 13.9. The van der Waals surface area contributed by atoms with E-state index in [1.165, 1.54) is 116 Å². The van der Waals surface area contributed by atoms with Gasteiger partial charge in [-0.05, 0) is 45.4 Å². The van der Waals surface area contributed by atoms with Gasteiger partial charge in [-0.2, -0.15) is 5.26 Å². The van der Waals surface area contributed by atoms with Crippen LogP contribution in [0.15, 0.2) is 24.3 Å². The van der Waals surface area contributed by atoms with Crippen LogP contribution < -0.4 is 0 Å². The molecule has 0 N–H and O–H groups in total. The predicted molar refractivity (Wildman–Crippen MR) is 142 cm³/mol. The van der Waals surface area contributed by atoms with Gasteiger partial charge < -0.3 is 0 Å². The first-order valence-electron chi connectivity index (χ1n) is 13.9. The maximum Gasteiger partial charge on any atom is 0.0652 e. The summed E-state index contributed by atoms with van der Waals surface area (Å²) in [5.41, 5.74) is 0. The third-order valence-electron chi connectivity index (χ3n) is 5.77. The topological polar surface area (TPSA) is 23.8 Å². The number of rotatable bonds is 21. The van der Waals surface area contributed by atoms with Gasteiger partial charge in [0.1, 0.15) is 0 Å².